The average Bonchev–Trinajstić information content (AvgIpc) is 2.97. The van der Waals surface area contributed by atoms with Gasteiger partial charge in [0, 0.05) is 13.7 Å². The molecule has 0 radical (unpaired) electrons. The molecule has 1 fully saturated rings. The number of likely N-dealkylation sites (N-methyl/N-ethyl adjacent to an activating group) is 1. The molecule has 1 aromatic heterocycles. The van der Waals surface area contributed by atoms with E-state index >= 15 is 0 Å². The number of amides is 1. The molecule has 6 nitrogen and oxygen atoms in total. The highest BCUT2D eigenvalue weighted by molar-refractivity contribution is 7.13. The SMILES string of the molecule is CN(CC(=O)O)C(=O)c1cnc(C2CCCO2)s1. The van der Waals surface area contributed by atoms with Gasteiger partial charge in [0.2, 0.25) is 0 Å². The lowest BCUT2D eigenvalue weighted by atomic mass is 10.2. The minimum absolute atomic E-state index is 0.0127. The monoisotopic (exact) mass is 270 g/mol. The zero-order chi connectivity index (χ0) is 13.1. The number of carbonyl (C=O) groups excluding carboxylic acids is 1. The maximum atomic E-state index is 11.9. The fraction of sp³-hybridized carbons (Fsp3) is 0.545. The first kappa shape index (κ1) is 13.0. The highest BCUT2D eigenvalue weighted by Gasteiger charge is 2.23. The Morgan fingerprint density at radius 1 is 1.67 bits per heavy atom. The lowest BCUT2D eigenvalue weighted by Crippen LogP contribution is -2.31. The zero-order valence-corrected chi connectivity index (χ0v) is 10.8. The van der Waals surface area contributed by atoms with Crippen LogP contribution >= 0.6 is 11.3 Å². The fourth-order valence-electron chi connectivity index (χ4n) is 1.77. The van der Waals surface area contributed by atoms with Gasteiger partial charge in [0.25, 0.3) is 5.91 Å². The number of ether oxygens (including phenoxy) is 1. The number of carbonyl (C=O) groups is 2. The van der Waals surface area contributed by atoms with Crippen LogP contribution < -0.4 is 0 Å². The number of carboxylic acid groups (broad SMARTS) is 1. The maximum Gasteiger partial charge on any atom is 0.323 e. The van der Waals surface area contributed by atoms with E-state index in [0.717, 1.165) is 29.4 Å². The van der Waals surface area contributed by atoms with Gasteiger partial charge in [-0.15, -0.1) is 11.3 Å². The quantitative estimate of drug-likeness (QED) is 0.887. The molecule has 0 saturated carbocycles. The van der Waals surface area contributed by atoms with E-state index in [2.05, 4.69) is 4.98 Å². The van der Waals surface area contributed by atoms with Crippen LogP contribution in [0.4, 0.5) is 0 Å². The van der Waals surface area contributed by atoms with Gasteiger partial charge in [-0.3, -0.25) is 9.59 Å². The van der Waals surface area contributed by atoms with Crippen LogP contribution in [0.15, 0.2) is 6.20 Å². The number of aromatic nitrogens is 1. The number of nitrogens with zero attached hydrogens (tertiary/aromatic N) is 2. The summed E-state index contributed by atoms with van der Waals surface area (Å²) in [5.74, 6) is -1.35. The van der Waals surface area contributed by atoms with Crippen LogP contribution in [0.2, 0.25) is 0 Å². The standard InChI is InChI=1S/C11H14N2O4S/c1-13(6-9(14)15)11(16)8-5-12-10(18-8)7-3-2-4-17-7/h5,7H,2-4,6H2,1H3,(H,14,15). The molecule has 1 aromatic rings. The van der Waals surface area contributed by atoms with Crippen molar-refractivity contribution >= 4 is 23.2 Å². The number of hydrogen-bond acceptors (Lipinski definition) is 5. The third-order valence-electron chi connectivity index (χ3n) is 2.66. The van der Waals surface area contributed by atoms with Gasteiger partial charge in [-0.2, -0.15) is 0 Å². The smallest absolute Gasteiger partial charge is 0.323 e. The Balaban J connectivity index is 2.04. The van der Waals surface area contributed by atoms with Crippen molar-refractivity contribution in [2.45, 2.75) is 18.9 Å². The molecule has 1 amide bonds. The number of hydrogen-bond donors (Lipinski definition) is 1. The van der Waals surface area contributed by atoms with E-state index in [1.54, 1.807) is 0 Å². The predicted octanol–water partition coefficient (Wildman–Crippen LogP) is 1.15. The van der Waals surface area contributed by atoms with E-state index in [1.165, 1.54) is 24.6 Å². The second-order valence-electron chi connectivity index (χ2n) is 4.12. The first-order valence-electron chi connectivity index (χ1n) is 5.62. The highest BCUT2D eigenvalue weighted by atomic mass is 32.1. The van der Waals surface area contributed by atoms with Gasteiger partial charge in [0.1, 0.15) is 22.5 Å². The molecule has 1 atom stereocenters. The number of carboxylic acids is 1. The van der Waals surface area contributed by atoms with Crippen molar-refractivity contribution in [3.63, 3.8) is 0 Å². The predicted molar refractivity (Wildman–Crippen MR) is 64.6 cm³/mol. The van der Waals surface area contributed by atoms with Crippen molar-refractivity contribution in [3.05, 3.63) is 16.1 Å². The van der Waals surface area contributed by atoms with E-state index in [9.17, 15) is 9.59 Å². The topological polar surface area (TPSA) is 79.7 Å². The van der Waals surface area contributed by atoms with Crippen molar-refractivity contribution in [1.82, 2.24) is 9.88 Å². The molecule has 1 N–H and O–H groups in total. The number of thiazole rings is 1. The molecule has 98 valence electrons. The summed E-state index contributed by atoms with van der Waals surface area (Å²) in [5.41, 5.74) is 0. The number of aliphatic carboxylic acids is 1. The maximum absolute atomic E-state index is 11.9. The van der Waals surface area contributed by atoms with Crippen LogP contribution in [-0.4, -0.2) is 47.1 Å². The fourth-order valence-corrected chi connectivity index (χ4v) is 2.77. The molecule has 2 rings (SSSR count). The third kappa shape index (κ3) is 2.85. The van der Waals surface area contributed by atoms with Crippen molar-refractivity contribution < 1.29 is 19.4 Å². The molecule has 7 heteroatoms. The van der Waals surface area contributed by atoms with Crippen molar-refractivity contribution in [1.29, 1.82) is 0 Å². The summed E-state index contributed by atoms with van der Waals surface area (Å²) >= 11 is 1.27. The van der Waals surface area contributed by atoms with E-state index in [1.807, 2.05) is 0 Å². The Morgan fingerprint density at radius 2 is 2.44 bits per heavy atom. The van der Waals surface area contributed by atoms with Gasteiger partial charge < -0.3 is 14.7 Å². The van der Waals surface area contributed by atoms with Crippen LogP contribution in [0, 0.1) is 0 Å². The van der Waals surface area contributed by atoms with Gasteiger partial charge in [-0.05, 0) is 12.8 Å². The summed E-state index contributed by atoms with van der Waals surface area (Å²) < 4.78 is 5.49. The van der Waals surface area contributed by atoms with Crippen molar-refractivity contribution in [2.75, 3.05) is 20.2 Å². The normalized spacial score (nSPS) is 18.8. The molecule has 0 aromatic carbocycles. The summed E-state index contributed by atoms with van der Waals surface area (Å²) in [4.78, 5) is 28.2. The molecule has 1 saturated heterocycles. The summed E-state index contributed by atoms with van der Waals surface area (Å²) in [5, 5.41) is 9.42. The molecule has 0 spiro atoms. The molecule has 1 aliphatic rings. The molecule has 2 heterocycles. The van der Waals surface area contributed by atoms with Crippen LogP contribution in [0.3, 0.4) is 0 Å². The Morgan fingerprint density at radius 3 is 3.06 bits per heavy atom. The van der Waals surface area contributed by atoms with E-state index < -0.39 is 5.97 Å². The van der Waals surface area contributed by atoms with Crippen LogP contribution in [0.5, 0.6) is 0 Å². The Bertz CT molecular complexity index is 454. The van der Waals surface area contributed by atoms with Crippen LogP contribution in [-0.2, 0) is 9.53 Å². The summed E-state index contributed by atoms with van der Waals surface area (Å²) in [6.07, 6.45) is 3.40. The van der Waals surface area contributed by atoms with Crippen molar-refractivity contribution in [3.8, 4) is 0 Å². The first-order valence-corrected chi connectivity index (χ1v) is 6.44. The molecule has 0 aliphatic carbocycles. The van der Waals surface area contributed by atoms with Gasteiger partial charge in [0.05, 0.1) is 6.20 Å². The Labute approximate surface area is 108 Å². The molecular weight excluding hydrogens is 256 g/mol. The van der Waals surface area contributed by atoms with E-state index in [0.29, 0.717) is 4.88 Å². The third-order valence-corrected chi connectivity index (χ3v) is 3.74. The first-order chi connectivity index (χ1) is 8.58. The molecule has 0 bridgehead atoms. The molecule has 1 aliphatic heterocycles. The van der Waals surface area contributed by atoms with Crippen molar-refractivity contribution in [2.24, 2.45) is 0 Å². The lowest BCUT2D eigenvalue weighted by Gasteiger charge is -2.12. The summed E-state index contributed by atoms with van der Waals surface area (Å²) in [6.45, 7) is 0.415. The van der Waals surface area contributed by atoms with Gasteiger partial charge in [0.15, 0.2) is 0 Å². The second kappa shape index (κ2) is 5.45. The van der Waals surface area contributed by atoms with Gasteiger partial charge >= 0.3 is 5.97 Å². The largest absolute Gasteiger partial charge is 0.480 e. The minimum Gasteiger partial charge on any atom is -0.480 e. The summed E-state index contributed by atoms with van der Waals surface area (Å²) in [6, 6.07) is 0. The summed E-state index contributed by atoms with van der Waals surface area (Å²) in [7, 11) is 1.46. The zero-order valence-electron chi connectivity index (χ0n) is 9.96. The number of rotatable bonds is 4. The lowest BCUT2D eigenvalue weighted by molar-refractivity contribution is -0.137. The molecular formula is C11H14N2O4S. The average molecular weight is 270 g/mol. The van der Waals surface area contributed by atoms with Gasteiger partial charge in [-0.1, -0.05) is 0 Å². The highest BCUT2D eigenvalue weighted by Crippen LogP contribution is 2.31. The van der Waals surface area contributed by atoms with Crippen LogP contribution in [0.1, 0.15) is 33.6 Å². The second-order valence-corrected chi connectivity index (χ2v) is 5.18. The minimum atomic E-state index is -1.03. The van der Waals surface area contributed by atoms with E-state index in [-0.39, 0.29) is 18.6 Å². The molecule has 18 heavy (non-hydrogen) atoms. The Hall–Kier alpha value is -1.47. The molecule has 1 unspecified atom stereocenters. The Kier molecular flexibility index (Phi) is 3.93. The van der Waals surface area contributed by atoms with Gasteiger partial charge in [-0.25, -0.2) is 4.98 Å². The van der Waals surface area contributed by atoms with E-state index in [4.69, 9.17) is 9.84 Å². The van der Waals surface area contributed by atoms with Crippen LogP contribution in [0.25, 0.3) is 0 Å².